The highest BCUT2D eigenvalue weighted by atomic mass is 16.7. The van der Waals surface area contributed by atoms with Crippen LogP contribution in [0.2, 0.25) is 0 Å². The van der Waals surface area contributed by atoms with Gasteiger partial charge in [-0.25, -0.2) is 9.59 Å². The van der Waals surface area contributed by atoms with Gasteiger partial charge in [0.05, 0.1) is 20.3 Å². The van der Waals surface area contributed by atoms with Crippen LogP contribution in [0.1, 0.15) is 11.5 Å². The number of fused-ring (bicyclic) bond motifs is 1. The molecule has 170 valence electrons. The predicted octanol–water partition coefficient (Wildman–Crippen LogP) is 4.02. The number of esters is 1. The Morgan fingerprint density at radius 2 is 1.69 bits per heavy atom. The summed E-state index contributed by atoms with van der Waals surface area (Å²) in [5.74, 6) is 0.735. The average Bonchev–Trinajstić information content (AvgIpc) is 3.24. The molecule has 0 saturated carbocycles. The summed E-state index contributed by atoms with van der Waals surface area (Å²) in [5.41, 5.74) is 2.25. The summed E-state index contributed by atoms with van der Waals surface area (Å²) < 4.78 is 23.4. The van der Waals surface area contributed by atoms with Crippen LogP contribution < -0.4 is 0 Å². The van der Waals surface area contributed by atoms with Crippen LogP contribution in [-0.2, 0) is 23.7 Å². The number of benzene rings is 2. The van der Waals surface area contributed by atoms with Gasteiger partial charge >= 0.3 is 12.1 Å². The second-order valence-corrected chi connectivity index (χ2v) is 6.49. The Kier molecular flexibility index (Phi) is 9.86. The Balaban J connectivity index is 0.000000230. The average molecular weight is 442 g/mol. The molecule has 3 rings (SSSR count). The molecule has 0 bridgehead atoms. The minimum absolute atomic E-state index is 0.0993. The number of rotatable bonds is 8. The van der Waals surface area contributed by atoms with E-state index in [2.05, 4.69) is 68.2 Å². The van der Waals surface area contributed by atoms with E-state index in [0.29, 0.717) is 11.7 Å². The van der Waals surface area contributed by atoms with Gasteiger partial charge in [0, 0.05) is 18.6 Å². The first-order chi connectivity index (χ1) is 15.4. The zero-order chi connectivity index (χ0) is 23.3. The van der Waals surface area contributed by atoms with Crippen molar-refractivity contribution in [3.05, 3.63) is 60.5 Å². The van der Waals surface area contributed by atoms with Crippen LogP contribution >= 0.6 is 0 Å². The van der Waals surface area contributed by atoms with E-state index in [1.54, 1.807) is 6.92 Å². The third-order valence-corrected chi connectivity index (χ3v) is 4.03. The van der Waals surface area contributed by atoms with Crippen molar-refractivity contribution in [2.75, 3.05) is 33.5 Å². The number of hydrogen-bond acceptors (Lipinski definition) is 9. The topological polar surface area (TPSA) is 110 Å². The maximum atomic E-state index is 10.5. The molecular weight excluding hydrogens is 416 g/mol. The van der Waals surface area contributed by atoms with Crippen molar-refractivity contribution < 1.29 is 33.1 Å². The maximum Gasteiger partial charge on any atom is 0.508 e. The van der Waals surface area contributed by atoms with Gasteiger partial charge in [0.25, 0.3) is 0 Å². The number of nitrogens with zero attached hydrogens (tertiary/aromatic N) is 2. The van der Waals surface area contributed by atoms with Crippen LogP contribution in [0.5, 0.6) is 0 Å². The summed E-state index contributed by atoms with van der Waals surface area (Å²) in [6.07, 6.45) is 0.317. The molecule has 0 aliphatic rings. The van der Waals surface area contributed by atoms with Gasteiger partial charge < -0.3 is 23.5 Å². The number of aromatic nitrogens is 2. The van der Waals surface area contributed by atoms with Crippen molar-refractivity contribution in [1.82, 2.24) is 10.1 Å². The van der Waals surface area contributed by atoms with Gasteiger partial charge in [-0.15, -0.1) is 0 Å². The minimum atomic E-state index is -0.753. The second kappa shape index (κ2) is 12.9. The number of aryl methyl sites for hydroxylation is 2. The molecule has 0 spiro atoms. The summed E-state index contributed by atoms with van der Waals surface area (Å²) >= 11 is 0. The van der Waals surface area contributed by atoms with E-state index < -0.39 is 12.1 Å². The maximum absolute atomic E-state index is 10.5. The second-order valence-electron chi connectivity index (χ2n) is 6.49. The minimum Gasteiger partial charge on any atom is -0.460 e. The van der Waals surface area contributed by atoms with Gasteiger partial charge in [0.1, 0.15) is 13.2 Å². The Morgan fingerprint density at radius 1 is 1.00 bits per heavy atom. The zero-order valence-corrected chi connectivity index (χ0v) is 18.3. The molecule has 9 heteroatoms. The van der Waals surface area contributed by atoms with Crippen LogP contribution in [0.3, 0.4) is 0 Å². The quantitative estimate of drug-likeness (QED) is 0.290. The Bertz CT molecular complexity index is 1050. The first-order valence-corrected chi connectivity index (χ1v) is 9.81. The van der Waals surface area contributed by atoms with E-state index in [0.717, 1.165) is 11.6 Å². The molecule has 0 atom stereocenters. The number of ether oxygens (including phenoxy) is 4. The van der Waals surface area contributed by atoms with Crippen LogP contribution in [0.25, 0.3) is 22.2 Å². The van der Waals surface area contributed by atoms with Crippen LogP contribution in [0, 0.1) is 13.8 Å². The molecule has 0 amide bonds. The van der Waals surface area contributed by atoms with Crippen molar-refractivity contribution in [2.45, 2.75) is 13.8 Å². The monoisotopic (exact) mass is 442 g/mol. The fourth-order valence-electron chi connectivity index (χ4n) is 2.53. The van der Waals surface area contributed by atoms with E-state index in [4.69, 9.17) is 9.26 Å². The predicted molar refractivity (Wildman–Crippen MR) is 117 cm³/mol. The van der Waals surface area contributed by atoms with Gasteiger partial charge in [-0.3, -0.25) is 0 Å². The van der Waals surface area contributed by atoms with Gasteiger partial charge in [-0.05, 0) is 23.8 Å². The number of hydrogen-bond donors (Lipinski definition) is 0. The molecular formula is C23H26N2O7. The molecule has 1 heterocycles. The van der Waals surface area contributed by atoms with Gasteiger partial charge in [-0.2, -0.15) is 4.98 Å². The highest BCUT2D eigenvalue weighted by Crippen LogP contribution is 2.23. The van der Waals surface area contributed by atoms with E-state index in [1.165, 1.54) is 23.4 Å². The van der Waals surface area contributed by atoms with E-state index in [1.807, 2.05) is 6.07 Å². The number of methoxy groups -OCH3 is 1. The first-order valence-electron chi connectivity index (χ1n) is 9.81. The van der Waals surface area contributed by atoms with Crippen molar-refractivity contribution in [3.63, 3.8) is 0 Å². The van der Waals surface area contributed by atoms with Crippen molar-refractivity contribution in [2.24, 2.45) is 0 Å². The number of carbonyl (C=O) groups excluding carboxylic acids is 2. The Morgan fingerprint density at radius 3 is 2.34 bits per heavy atom. The van der Waals surface area contributed by atoms with Crippen molar-refractivity contribution in [1.29, 1.82) is 0 Å². The van der Waals surface area contributed by atoms with Gasteiger partial charge in [0.15, 0.2) is 0 Å². The van der Waals surface area contributed by atoms with Crippen molar-refractivity contribution in [3.8, 4) is 11.4 Å². The highest BCUT2D eigenvalue weighted by molar-refractivity contribution is 5.86. The Hall–Kier alpha value is -3.72. The third-order valence-electron chi connectivity index (χ3n) is 4.03. The standard InChI is InChI=1S/C14H12N2O.C9H14O6/c1-9-3-4-12-8-13(6-5-11(12)7-9)14-15-10(2)17-16-14;1-3-8(10)14-6-4-13-5-7-15-9(11)12-2/h3-8H,1-2H3;3H,1,4-7H2,2H3. The molecule has 2 aromatic carbocycles. The normalized spacial score (nSPS) is 10.1. The highest BCUT2D eigenvalue weighted by Gasteiger charge is 2.06. The summed E-state index contributed by atoms with van der Waals surface area (Å²) in [5, 5.41) is 6.35. The van der Waals surface area contributed by atoms with Crippen LogP contribution in [-0.4, -0.2) is 55.8 Å². The van der Waals surface area contributed by atoms with E-state index in [-0.39, 0.29) is 26.4 Å². The molecule has 1 aromatic heterocycles. The SMILES string of the molecule is C=CC(=O)OCCOCCOC(=O)OC.Cc1ccc2cc(-c3noc(C)n3)ccc2c1. The fourth-order valence-corrected chi connectivity index (χ4v) is 2.53. The molecule has 0 aliphatic heterocycles. The van der Waals surface area contributed by atoms with Crippen molar-refractivity contribution >= 4 is 22.9 Å². The lowest BCUT2D eigenvalue weighted by Gasteiger charge is -2.04. The van der Waals surface area contributed by atoms with E-state index >= 15 is 0 Å². The lowest BCUT2D eigenvalue weighted by Crippen LogP contribution is -2.13. The van der Waals surface area contributed by atoms with E-state index in [9.17, 15) is 9.59 Å². The molecule has 9 nitrogen and oxygen atoms in total. The third kappa shape index (κ3) is 8.19. The Labute approximate surface area is 185 Å². The molecule has 0 saturated heterocycles. The summed E-state index contributed by atoms with van der Waals surface area (Å²) in [6, 6.07) is 12.6. The molecule has 32 heavy (non-hydrogen) atoms. The summed E-state index contributed by atoms with van der Waals surface area (Å²) in [7, 11) is 1.22. The molecule has 0 fully saturated rings. The molecule has 3 aromatic rings. The van der Waals surface area contributed by atoms with Gasteiger partial charge in [-0.1, -0.05) is 47.6 Å². The molecule has 0 aliphatic carbocycles. The van der Waals surface area contributed by atoms with Gasteiger partial charge in [0.2, 0.25) is 11.7 Å². The number of carbonyl (C=O) groups is 2. The van der Waals surface area contributed by atoms with Crippen LogP contribution in [0.15, 0.2) is 53.6 Å². The first kappa shape index (κ1) is 24.5. The zero-order valence-electron chi connectivity index (χ0n) is 18.3. The smallest absolute Gasteiger partial charge is 0.460 e. The summed E-state index contributed by atoms with van der Waals surface area (Å²) in [4.78, 5) is 25.2. The fraction of sp³-hybridized carbons (Fsp3) is 0.304. The molecule has 0 unspecified atom stereocenters. The molecule has 0 radical (unpaired) electrons. The van der Waals surface area contributed by atoms with Crippen LogP contribution in [0.4, 0.5) is 4.79 Å². The largest absolute Gasteiger partial charge is 0.508 e. The lowest BCUT2D eigenvalue weighted by atomic mass is 10.0. The lowest BCUT2D eigenvalue weighted by molar-refractivity contribution is -0.139. The summed E-state index contributed by atoms with van der Waals surface area (Å²) in [6.45, 7) is 7.82. The molecule has 0 N–H and O–H groups in total.